The van der Waals surface area contributed by atoms with Gasteiger partial charge in [-0.3, -0.25) is 0 Å². The van der Waals surface area contributed by atoms with Crippen molar-refractivity contribution in [2.75, 3.05) is 6.61 Å². The van der Waals surface area contributed by atoms with Crippen LogP contribution in [0.2, 0.25) is 0 Å². The maximum Gasteiger partial charge on any atom is 0.187 e. The molecule has 234 valence electrons. The summed E-state index contributed by atoms with van der Waals surface area (Å²) < 4.78 is 11.4. The zero-order valence-corrected chi connectivity index (χ0v) is 26.8. The Kier molecular flexibility index (Phi) is 17.5. The van der Waals surface area contributed by atoms with Crippen molar-refractivity contribution < 1.29 is 29.9 Å². The summed E-state index contributed by atoms with van der Waals surface area (Å²) in [6.07, 6.45) is 23.1. The molecule has 0 radical (unpaired) electrons. The number of hydrogen-bond donors (Lipinski definition) is 4. The highest BCUT2D eigenvalue weighted by Crippen LogP contribution is 2.28. The summed E-state index contributed by atoms with van der Waals surface area (Å²) in [6.45, 7) is 15.8. The van der Waals surface area contributed by atoms with Gasteiger partial charge in [-0.05, 0) is 74.7 Å². The van der Waals surface area contributed by atoms with Gasteiger partial charge in [0.05, 0.1) is 12.2 Å². The first-order chi connectivity index (χ1) is 19.8. The predicted octanol–water partition coefficient (Wildman–Crippen LogP) is 6.73. The van der Waals surface area contributed by atoms with Crippen LogP contribution in [0.4, 0.5) is 0 Å². The summed E-state index contributed by atoms with van der Waals surface area (Å²) >= 11 is 0. The Balaban J connectivity index is 2.51. The molecule has 2 unspecified atom stereocenters. The molecule has 0 saturated carbocycles. The Bertz CT molecular complexity index is 1090. The largest absolute Gasteiger partial charge is 0.394 e. The molecular formula is C36H54O6. The van der Waals surface area contributed by atoms with E-state index in [1.54, 1.807) is 0 Å². The lowest BCUT2D eigenvalue weighted by Crippen LogP contribution is -2.60. The van der Waals surface area contributed by atoms with E-state index in [1.165, 1.54) is 22.3 Å². The van der Waals surface area contributed by atoms with Crippen molar-refractivity contribution in [1.29, 1.82) is 0 Å². The van der Waals surface area contributed by atoms with Crippen molar-refractivity contribution in [1.82, 2.24) is 0 Å². The topological polar surface area (TPSA) is 99.4 Å². The molecule has 0 amide bonds. The van der Waals surface area contributed by atoms with Crippen LogP contribution in [0, 0.1) is 0 Å². The van der Waals surface area contributed by atoms with Gasteiger partial charge < -0.3 is 29.9 Å². The third-order valence-corrected chi connectivity index (χ3v) is 6.71. The first kappa shape index (κ1) is 37.4. The molecule has 0 aromatic carbocycles. The number of allylic oxidation sites excluding steroid dienone is 18. The number of aliphatic hydroxyl groups excluding tert-OH is 4. The molecule has 1 heterocycles. The van der Waals surface area contributed by atoms with E-state index in [2.05, 4.69) is 108 Å². The van der Waals surface area contributed by atoms with Crippen molar-refractivity contribution in [3.05, 3.63) is 107 Å². The number of ether oxygens (including phenoxy) is 2. The molecule has 1 aliphatic rings. The van der Waals surface area contributed by atoms with Crippen molar-refractivity contribution >= 4 is 0 Å². The summed E-state index contributed by atoms with van der Waals surface area (Å²) in [5.41, 5.74) is 5.41. The molecular weight excluding hydrogens is 528 g/mol. The van der Waals surface area contributed by atoms with Crippen molar-refractivity contribution in [2.24, 2.45) is 0 Å². The fourth-order valence-corrected chi connectivity index (χ4v) is 4.10. The van der Waals surface area contributed by atoms with Gasteiger partial charge in [0.1, 0.15) is 24.4 Å². The molecule has 6 nitrogen and oxygen atoms in total. The van der Waals surface area contributed by atoms with E-state index in [-0.39, 0.29) is 0 Å². The van der Waals surface area contributed by atoms with Crippen LogP contribution in [0.15, 0.2) is 107 Å². The van der Waals surface area contributed by atoms with E-state index in [9.17, 15) is 20.4 Å². The highest BCUT2D eigenvalue weighted by atomic mass is 16.7. The molecule has 0 bridgehead atoms. The van der Waals surface area contributed by atoms with Gasteiger partial charge >= 0.3 is 0 Å². The summed E-state index contributed by atoms with van der Waals surface area (Å²) in [6, 6.07) is 0. The van der Waals surface area contributed by atoms with Crippen molar-refractivity contribution in [3.8, 4) is 0 Å². The number of rotatable bonds is 15. The van der Waals surface area contributed by atoms with Crippen LogP contribution in [0.1, 0.15) is 74.7 Å². The van der Waals surface area contributed by atoms with Gasteiger partial charge in [0.2, 0.25) is 0 Å². The molecule has 1 rings (SSSR count). The van der Waals surface area contributed by atoms with Crippen LogP contribution in [0.5, 0.6) is 0 Å². The molecule has 0 aliphatic carbocycles. The van der Waals surface area contributed by atoms with E-state index in [0.717, 1.165) is 18.4 Å². The van der Waals surface area contributed by atoms with Crippen LogP contribution in [-0.4, -0.2) is 63.3 Å². The van der Waals surface area contributed by atoms with E-state index in [1.807, 2.05) is 26.0 Å². The quantitative estimate of drug-likeness (QED) is 0.160. The molecule has 4 N–H and O–H groups in total. The minimum atomic E-state index is -1.44. The number of hydrogen-bond acceptors (Lipinski definition) is 6. The van der Waals surface area contributed by atoms with E-state index >= 15 is 0 Å². The lowest BCUT2D eigenvalue weighted by atomic mass is 9.96. The minimum Gasteiger partial charge on any atom is -0.394 e. The van der Waals surface area contributed by atoms with Crippen molar-refractivity contribution in [2.45, 2.75) is 111 Å². The van der Waals surface area contributed by atoms with E-state index in [4.69, 9.17) is 9.47 Å². The van der Waals surface area contributed by atoms with Gasteiger partial charge in [0, 0.05) is 0 Å². The Morgan fingerprint density at radius 1 is 0.690 bits per heavy atom. The SMILES string of the molecule is CC(C)=C/C=C/C(C)=C/C=C/C(C)=C/C=C/C=C(C)/C=C/C=C(\C)CCCC(C)(C)O[C@@H]1O[C@H](CO)[C@@H](O)C(O)C1O. The van der Waals surface area contributed by atoms with Crippen molar-refractivity contribution in [3.63, 3.8) is 0 Å². The molecule has 0 aromatic heterocycles. The van der Waals surface area contributed by atoms with Gasteiger partial charge in [0.15, 0.2) is 6.29 Å². The van der Waals surface area contributed by atoms with Crippen LogP contribution in [-0.2, 0) is 9.47 Å². The molecule has 0 aromatic rings. The standard InChI is InChI=1S/C36H54O6/c1-26(2)15-11-18-29(5)21-12-19-27(3)16-9-10-17-28(4)20-13-22-30(6)23-14-24-36(7,8)42-35-34(40)33(39)32(38)31(25-37)41-35/h9-13,15-22,31-35,37-40H,14,23-25H2,1-8H3/b10-9+,18-11+,19-12+,20-13+,27-16+,28-17+,29-21+,30-22+/t31-,32-,33?,34?,35+/m1/s1. The molecule has 5 atom stereocenters. The third-order valence-electron chi connectivity index (χ3n) is 6.71. The lowest BCUT2D eigenvalue weighted by molar-refractivity contribution is -0.323. The van der Waals surface area contributed by atoms with Gasteiger partial charge in [-0.25, -0.2) is 0 Å². The summed E-state index contributed by atoms with van der Waals surface area (Å²) in [5, 5.41) is 39.5. The highest BCUT2D eigenvalue weighted by Gasteiger charge is 2.45. The highest BCUT2D eigenvalue weighted by molar-refractivity contribution is 5.31. The third kappa shape index (κ3) is 15.6. The maximum atomic E-state index is 10.2. The molecule has 1 fully saturated rings. The van der Waals surface area contributed by atoms with Crippen LogP contribution in [0.25, 0.3) is 0 Å². The Morgan fingerprint density at radius 2 is 1.19 bits per heavy atom. The van der Waals surface area contributed by atoms with Crippen LogP contribution < -0.4 is 0 Å². The molecule has 0 spiro atoms. The summed E-state index contributed by atoms with van der Waals surface area (Å²) in [5.74, 6) is 0. The van der Waals surface area contributed by atoms with Gasteiger partial charge in [-0.1, -0.05) is 107 Å². The minimum absolute atomic E-state index is 0.476. The molecule has 42 heavy (non-hydrogen) atoms. The summed E-state index contributed by atoms with van der Waals surface area (Å²) in [4.78, 5) is 0. The average Bonchev–Trinajstić information content (AvgIpc) is 2.91. The first-order valence-electron chi connectivity index (χ1n) is 14.8. The second-order valence-electron chi connectivity index (χ2n) is 11.9. The van der Waals surface area contributed by atoms with Gasteiger partial charge in [0.25, 0.3) is 0 Å². The smallest absolute Gasteiger partial charge is 0.187 e. The van der Waals surface area contributed by atoms with E-state index < -0.39 is 42.9 Å². The maximum absolute atomic E-state index is 10.2. The normalized spacial score (nSPS) is 25.5. The van der Waals surface area contributed by atoms with E-state index in [0.29, 0.717) is 6.42 Å². The average molecular weight is 583 g/mol. The predicted molar refractivity (Wildman–Crippen MR) is 174 cm³/mol. The number of aliphatic hydroxyl groups is 4. The molecule has 1 saturated heterocycles. The Morgan fingerprint density at radius 3 is 1.71 bits per heavy atom. The first-order valence-corrected chi connectivity index (χ1v) is 14.8. The van der Waals surface area contributed by atoms with Gasteiger partial charge in [-0.15, -0.1) is 0 Å². The molecule has 1 aliphatic heterocycles. The van der Waals surface area contributed by atoms with Gasteiger partial charge in [-0.2, -0.15) is 0 Å². The zero-order chi connectivity index (χ0) is 31.7. The zero-order valence-electron chi connectivity index (χ0n) is 26.8. The van der Waals surface area contributed by atoms with Crippen LogP contribution >= 0.6 is 0 Å². The lowest BCUT2D eigenvalue weighted by Gasteiger charge is -2.42. The fraction of sp³-hybridized carbons (Fsp3) is 0.500. The Labute approximate surface area is 254 Å². The second-order valence-corrected chi connectivity index (χ2v) is 11.9. The van der Waals surface area contributed by atoms with Crippen LogP contribution in [0.3, 0.4) is 0 Å². The summed E-state index contributed by atoms with van der Waals surface area (Å²) in [7, 11) is 0. The monoisotopic (exact) mass is 582 g/mol. The second kappa shape index (κ2) is 19.6. The molecule has 6 heteroatoms. The Hall–Kier alpha value is -2.58. The fourth-order valence-electron chi connectivity index (χ4n) is 4.10.